The number of rotatable bonds is 9. The molecule has 0 spiro atoms. The molecule has 3 rings (SSSR count). The Bertz CT molecular complexity index is 929. The lowest BCUT2D eigenvalue weighted by atomic mass is 10.2. The van der Waals surface area contributed by atoms with E-state index in [4.69, 9.17) is 16.0 Å². The number of halogens is 1. The van der Waals surface area contributed by atoms with Crippen LogP contribution in [0.5, 0.6) is 0 Å². The van der Waals surface area contributed by atoms with E-state index in [-0.39, 0.29) is 12.5 Å². The number of anilines is 1. The number of hydrogen-bond acceptors (Lipinski definition) is 5. The zero-order chi connectivity index (χ0) is 20.6. The SMILES string of the molecule is CCCN(CC(=O)N(CC)c1ccccc1)Cc1nnc(-c2ccccc2Cl)o1. The number of carbonyl (C=O) groups is 1. The zero-order valence-corrected chi connectivity index (χ0v) is 17.5. The molecule has 152 valence electrons. The van der Waals surface area contributed by atoms with E-state index in [0.29, 0.717) is 35.5 Å². The Morgan fingerprint density at radius 2 is 1.76 bits per heavy atom. The van der Waals surface area contributed by atoms with Gasteiger partial charge in [-0.3, -0.25) is 9.69 Å². The van der Waals surface area contributed by atoms with Gasteiger partial charge in [0.1, 0.15) is 0 Å². The molecule has 1 heterocycles. The van der Waals surface area contributed by atoms with Gasteiger partial charge in [-0.1, -0.05) is 48.9 Å². The number of nitrogens with zero attached hydrogens (tertiary/aromatic N) is 4. The van der Waals surface area contributed by atoms with Gasteiger partial charge in [0.2, 0.25) is 17.7 Å². The molecule has 3 aromatic rings. The van der Waals surface area contributed by atoms with Crippen LogP contribution in [0.1, 0.15) is 26.2 Å². The van der Waals surface area contributed by atoms with Gasteiger partial charge in [-0.25, -0.2) is 0 Å². The number of likely N-dealkylation sites (N-methyl/N-ethyl adjacent to an activating group) is 1. The van der Waals surface area contributed by atoms with E-state index in [1.54, 1.807) is 11.0 Å². The Morgan fingerprint density at radius 1 is 1.03 bits per heavy atom. The second-order valence-corrected chi connectivity index (χ2v) is 7.07. The van der Waals surface area contributed by atoms with Gasteiger partial charge in [-0.15, -0.1) is 10.2 Å². The minimum absolute atomic E-state index is 0.0398. The zero-order valence-electron chi connectivity index (χ0n) is 16.7. The fourth-order valence-corrected chi connectivity index (χ4v) is 3.39. The molecule has 0 bridgehead atoms. The highest BCUT2D eigenvalue weighted by Crippen LogP contribution is 2.26. The summed E-state index contributed by atoms with van der Waals surface area (Å²) in [5.41, 5.74) is 1.60. The van der Waals surface area contributed by atoms with Crippen molar-refractivity contribution in [3.8, 4) is 11.5 Å². The number of carbonyl (C=O) groups excluding carboxylic acids is 1. The van der Waals surface area contributed by atoms with Crippen LogP contribution >= 0.6 is 11.6 Å². The molecule has 2 aromatic carbocycles. The first-order valence-corrected chi connectivity index (χ1v) is 10.1. The van der Waals surface area contributed by atoms with Crippen molar-refractivity contribution in [1.82, 2.24) is 15.1 Å². The molecule has 1 amide bonds. The number of benzene rings is 2. The average Bonchev–Trinajstić information content (AvgIpc) is 3.18. The van der Waals surface area contributed by atoms with Crippen LogP contribution in [0, 0.1) is 0 Å². The first kappa shape index (κ1) is 21.0. The summed E-state index contributed by atoms with van der Waals surface area (Å²) in [5.74, 6) is 0.884. The first-order chi connectivity index (χ1) is 14.1. The van der Waals surface area contributed by atoms with Gasteiger partial charge in [-0.05, 0) is 44.2 Å². The standard InChI is InChI=1S/C22H25ClN4O2/c1-3-14-26(16-21(28)27(4-2)17-10-6-5-7-11-17)15-20-24-25-22(29-20)18-12-8-9-13-19(18)23/h5-13H,3-4,14-16H2,1-2H3. The minimum atomic E-state index is 0.0398. The Kier molecular flexibility index (Phi) is 7.38. The Hall–Kier alpha value is -2.70. The summed E-state index contributed by atoms with van der Waals surface area (Å²) in [7, 11) is 0. The maximum Gasteiger partial charge on any atom is 0.249 e. The fourth-order valence-electron chi connectivity index (χ4n) is 3.17. The molecule has 0 saturated carbocycles. The van der Waals surface area contributed by atoms with E-state index < -0.39 is 0 Å². The van der Waals surface area contributed by atoms with Gasteiger partial charge in [0.25, 0.3) is 0 Å². The molecule has 6 nitrogen and oxygen atoms in total. The summed E-state index contributed by atoms with van der Waals surface area (Å²) in [4.78, 5) is 16.7. The van der Waals surface area contributed by atoms with Gasteiger partial charge in [-0.2, -0.15) is 0 Å². The molecule has 0 radical (unpaired) electrons. The number of aromatic nitrogens is 2. The topological polar surface area (TPSA) is 62.5 Å². The molecular formula is C22H25ClN4O2. The smallest absolute Gasteiger partial charge is 0.249 e. The molecule has 0 N–H and O–H groups in total. The highest BCUT2D eigenvalue weighted by Gasteiger charge is 2.20. The van der Waals surface area contributed by atoms with Crippen LogP contribution in [0.2, 0.25) is 5.02 Å². The molecule has 1 aromatic heterocycles. The van der Waals surface area contributed by atoms with Crippen molar-refractivity contribution < 1.29 is 9.21 Å². The van der Waals surface area contributed by atoms with Crippen LogP contribution in [-0.4, -0.2) is 40.6 Å². The average molecular weight is 413 g/mol. The van der Waals surface area contributed by atoms with Crippen LogP contribution in [0.4, 0.5) is 5.69 Å². The van der Waals surface area contributed by atoms with Gasteiger partial charge in [0.05, 0.1) is 23.7 Å². The lowest BCUT2D eigenvalue weighted by Gasteiger charge is -2.25. The molecule has 0 unspecified atom stereocenters. The third-order valence-electron chi connectivity index (χ3n) is 4.51. The van der Waals surface area contributed by atoms with Crippen LogP contribution in [0.25, 0.3) is 11.5 Å². The Morgan fingerprint density at radius 3 is 2.45 bits per heavy atom. The predicted octanol–water partition coefficient (Wildman–Crippen LogP) is 4.66. The summed E-state index contributed by atoms with van der Waals surface area (Å²) >= 11 is 6.21. The minimum Gasteiger partial charge on any atom is -0.419 e. The van der Waals surface area contributed by atoms with E-state index in [9.17, 15) is 4.79 Å². The fraction of sp³-hybridized carbons (Fsp3) is 0.318. The molecular weight excluding hydrogens is 388 g/mol. The number of para-hydroxylation sites is 1. The number of amides is 1. The molecule has 29 heavy (non-hydrogen) atoms. The van der Waals surface area contributed by atoms with Crippen molar-refractivity contribution in [1.29, 1.82) is 0 Å². The Balaban J connectivity index is 1.70. The monoisotopic (exact) mass is 412 g/mol. The quantitative estimate of drug-likeness (QED) is 0.511. The van der Waals surface area contributed by atoms with Crippen LogP contribution < -0.4 is 4.90 Å². The summed E-state index contributed by atoms with van der Waals surface area (Å²) in [5, 5.41) is 8.82. The van der Waals surface area contributed by atoms with Crippen LogP contribution in [-0.2, 0) is 11.3 Å². The molecule has 0 aliphatic heterocycles. The van der Waals surface area contributed by atoms with Gasteiger partial charge in [0.15, 0.2) is 0 Å². The van der Waals surface area contributed by atoms with Gasteiger partial charge in [0, 0.05) is 12.2 Å². The largest absolute Gasteiger partial charge is 0.419 e. The highest BCUT2D eigenvalue weighted by molar-refractivity contribution is 6.33. The summed E-state index contributed by atoms with van der Waals surface area (Å²) in [6, 6.07) is 17.0. The van der Waals surface area contributed by atoms with E-state index in [1.165, 1.54) is 0 Å². The van der Waals surface area contributed by atoms with E-state index in [2.05, 4.69) is 17.1 Å². The third kappa shape index (κ3) is 5.43. The van der Waals surface area contributed by atoms with Crippen molar-refractivity contribution in [2.75, 3.05) is 24.5 Å². The second-order valence-electron chi connectivity index (χ2n) is 6.67. The van der Waals surface area contributed by atoms with Crippen molar-refractivity contribution in [3.63, 3.8) is 0 Å². The summed E-state index contributed by atoms with van der Waals surface area (Å²) in [6.07, 6.45) is 0.913. The van der Waals surface area contributed by atoms with E-state index in [0.717, 1.165) is 18.7 Å². The van der Waals surface area contributed by atoms with Crippen LogP contribution in [0.15, 0.2) is 59.0 Å². The van der Waals surface area contributed by atoms with Crippen molar-refractivity contribution in [3.05, 3.63) is 65.5 Å². The maximum absolute atomic E-state index is 12.9. The van der Waals surface area contributed by atoms with Crippen molar-refractivity contribution >= 4 is 23.2 Å². The van der Waals surface area contributed by atoms with E-state index >= 15 is 0 Å². The first-order valence-electron chi connectivity index (χ1n) is 9.77. The molecule has 0 atom stereocenters. The lowest BCUT2D eigenvalue weighted by Crippen LogP contribution is -2.40. The predicted molar refractivity (Wildman–Crippen MR) is 115 cm³/mol. The van der Waals surface area contributed by atoms with Crippen molar-refractivity contribution in [2.24, 2.45) is 0 Å². The summed E-state index contributed by atoms with van der Waals surface area (Å²) < 4.78 is 5.81. The lowest BCUT2D eigenvalue weighted by molar-refractivity contribution is -0.119. The van der Waals surface area contributed by atoms with Gasteiger partial charge >= 0.3 is 0 Å². The Labute approximate surface area is 176 Å². The molecule has 0 saturated heterocycles. The molecule has 7 heteroatoms. The van der Waals surface area contributed by atoms with Crippen molar-refractivity contribution in [2.45, 2.75) is 26.8 Å². The summed E-state index contributed by atoms with van der Waals surface area (Å²) in [6.45, 7) is 6.10. The molecule has 0 aliphatic carbocycles. The normalized spacial score (nSPS) is 11.0. The molecule has 0 fully saturated rings. The molecule has 0 aliphatic rings. The van der Waals surface area contributed by atoms with Crippen LogP contribution in [0.3, 0.4) is 0 Å². The number of hydrogen-bond donors (Lipinski definition) is 0. The van der Waals surface area contributed by atoms with Gasteiger partial charge < -0.3 is 9.32 Å². The maximum atomic E-state index is 12.9. The van der Waals surface area contributed by atoms with E-state index in [1.807, 2.05) is 60.4 Å². The second kappa shape index (κ2) is 10.2. The highest BCUT2D eigenvalue weighted by atomic mass is 35.5. The third-order valence-corrected chi connectivity index (χ3v) is 4.84.